The fraction of sp³-hybridized carbons (Fsp3) is 0.417. The molecule has 0 saturated carbocycles. The van der Waals surface area contributed by atoms with Crippen LogP contribution in [0.3, 0.4) is 0 Å². The van der Waals surface area contributed by atoms with Crippen LogP contribution in [0, 0.1) is 5.82 Å². The van der Waals surface area contributed by atoms with Gasteiger partial charge >= 0.3 is 0 Å². The minimum Gasteiger partial charge on any atom is -0.366 e. The first-order chi connectivity index (χ1) is 8.13. The van der Waals surface area contributed by atoms with Crippen molar-refractivity contribution in [3.05, 3.63) is 29.6 Å². The number of amides is 1. The highest BCUT2D eigenvalue weighted by Gasteiger charge is 2.25. The molecular formula is C12H16FN3O. The second-order valence-electron chi connectivity index (χ2n) is 4.13. The third-order valence-corrected chi connectivity index (χ3v) is 3.08. The lowest BCUT2D eigenvalue weighted by Crippen LogP contribution is -2.57. The van der Waals surface area contributed by atoms with Crippen molar-refractivity contribution in [1.82, 2.24) is 5.32 Å². The van der Waals surface area contributed by atoms with Crippen molar-refractivity contribution < 1.29 is 9.18 Å². The van der Waals surface area contributed by atoms with Crippen LogP contribution in [0.5, 0.6) is 0 Å². The lowest BCUT2D eigenvalue weighted by atomic mass is 10.1. The normalized spacial score (nSPS) is 15.4. The Morgan fingerprint density at radius 3 is 2.71 bits per heavy atom. The molecule has 1 aromatic rings. The maximum atomic E-state index is 13.9. The fourth-order valence-corrected chi connectivity index (χ4v) is 2.01. The Bertz CT molecular complexity index is 432. The van der Waals surface area contributed by atoms with Crippen LogP contribution in [0.2, 0.25) is 0 Å². The highest BCUT2D eigenvalue weighted by Crippen LogP contribution is 2.23. The highest BCUT2D eigenvalue weighted by molar-refractivity contribution is 5.93. The van der Waals surface area contributed by atoms with Crippen molar-refractivity contribution >= 4 is 11.6 Å². The largest absolute Gasteiger partial charge is 0.366 e. The zero-order valence-electron chi connectivity index (χ0n) is 9.74. The van der Waals surface area contributed by atoms with Gasteiger partial charge < -0.3 is 16.0 Å². The van der Waals surface area contributed by atoms with Gasteiger partial charge in [0.2, 0.25) is 5.91 Å². The van der Waals surface area contributed by atoms with Crippen LogP contribution in [0.1, 0.15) is 17.3 Å². The van der Waals surface area contributed by atoms with Crippen molar-refractivity contribution in [2.45, 2.75) is 13.0 Å². The SMILES string of the molecule is CCN(c1ccc(C(N)=O)cc1F)C1CNC1. The van der Waals surface area contributed by atoms with E-state index in [0.717, 1.165) is 19.6 Å². The van der Waals surface area contributed by atoms with Gasteiger partial charge in [0, 0.05) is 25.2 Å². The Morgan fingerprint density at radius 1 is 1.59 bits per heavy atom. The van der Waals surface area contributed by atoms with E-state index in [-0.39, 0.29) is 5.56 Å². The van der Waals surface area contributed by atoms with Crippen molar-refractivity contribution in [3.8, 4) is 0 Å². The molecule has 0 bridgehead atoms. The molecule has 1 saturated heterocycles. The summed E-state index contributed by atoms with van der Waals surface area (Å²) in [5.74, 6) is -1.00. The van der Waals surface area contributed by atoms with Crippen molar-refractivity contribution in [3.63, 3.8) is 0 Å². The summed E-state index contributed by atoms with van der Waals surface area (Å²) in [7, 11) is 0. The Morgan fingerprint density at radius 2 is 2.29 bits per heavy atom. The predicted octanol–water partition coefficient (Wildman–Crippen LogP) is 0.723. The average molecular weight is 237 g/mol. The van der Waals surface area contributed by atoms with Gasteiger partial charge in [-0.15, -0.1) is 0 Å². The monoisotopic (exact) mass is 237 g/mol. The molecule has 1 heterocycles. The number of nitrogens with zero attached hydrogens (tertiary/aromatic N) is 1. The van der Waals surface area contributed by atoms with E-state index in [2.05, 4.69) is 5.32 Å². The number of carbonyl (C=O) groups is 1. The summed E-state index contributed by atoms with van der Waals surface area (Å²) in [6.45, 7) is 4.45. The van der Waals surface area contributed by atoms with E-state index in [1.165, 1.54) is 6.07 Å². The first-order valence-electron chi connectivity index (χ1n) is 5.70. The fourth-order valence-electron chi connectivity index (χ4n) is 2.01. The standard InChI is InChI=1S/C12H16FN3O/c1-2-16(9-6-15-7-9)11-4-3-8(12(14)17)5-10(11)13/h3-5,9,15H,2,6-7H2,1H3,(H2,14,17). The number of rotatable bonds is 4. The maximum absolute atomic E-state index is 13.9. The van der Waals surface area contributed by atoms with Crippen molar-refractivity contribution in [2.24, 2.45) is 5.73 Å². The molecule has 0 atom stereocenters. The number of benzene rings is 1. The van der Waals surface area contributed by atoms with Crippen LogP contribution < -0.4 is 16.0 Å². The van der Waals surface area contributed by atoms with Gasteiger partial charge in [-0.2, -0.15) is 0 Å². The lowest BCUT2D eigenvalue weighted by molar-refractivity contribution is 0.1000. The van der Waals surface area contributed by atoms with Crippen LogP contribution in [-0.2, 0) is 0 Å². The van der Waals surface area contributed by atoms with Crippen LogP contribution in [-0.4, -0.2) is 31.6 Å². The van der Waals surface area contributed by atoms with Crippen molar-refractivity contribution in [2.75, 3.05) is 24.5 Å². The second-order valence-corrected chi connectivity index (χ2v) is 4.13. The molecule has 1 aliphatic heterocycles. The van der Waals surface area contributed by atoms with Crippen LogP contribution in [0.4, 0.5) is 10.1 Å². The zero-order valence-corrected chi connectivity index (χ0v) is 9.74. The minimum atomic E-state index is -0.608. The van der Waals surface area contributed by atoms with Gasteiger partial charge in [-0.1, -0.05) is 0 Å². The predicted molar refractivity (Wildman–Crippen MR) is 64.6 cm³/mol. The average Bonchev–Trinajstić information content (AvgIpc) is 2.23. The molecule has 1 fully saturated rings. The molecule has 2 rings (SSSR count). The smallest absolute Gasteiger partial charge is 0.248 e. The second kappa shape index (κ2) is 4.71. The molecule has 4 nitrogen and oxygen atoms in total. The number of likely N-dealkylation sites (N-methyl/N-ethyl adjacent to an activating group) is 1. The minimum absolute atomic E-state index is 0.203. The van der Waals surface area contributed by atoms with Gasteiger partial charge in [0.1, 0.15) is 5.82 Å². The summed E-state index contributed by atoms with van der Waals surface area (Å²) in [6, 6.07) is 4.72. The zero-order chi connectivity index (χ0) is 12.4. The van der Waals surface area contributed by atoms with Gasteiger partial charge in [-0.05, 0) is 25.1 Å². The Balaban J connectivity index is 2.27. The summed E-state index contributed by atoms with van der Waals surface area (Å²) < 4.78 is 13.9. The first-order valence-corrected chi connectivity index (χ1v) is 5.70. The molecular weight excluding hydrogens is 221 g/mol. The van der Waals surface area contributed by atoms with Crippen molar-refractivity contribution in [1.29, 1.82) is 0 Å². The molecule has 92 valence electrons. The van der Waals surface area contributed by atoms with E-state index in [4.69, 9.17) is 5.73 Å². The molecule has 17 heavy (non-hydrogen) atoms. The molecule has 1 aliphatic rings. The van der Waals surface area contributed by atoms with Gasteiger partial charge in [0.15, 0.2) is 0 Å². The third-order valence-electron chi connectivity index (χ3n) is 3.08. The topological polar surface area (TPSA) is 58.4 Å². The molecule has 5 heteroatoms. The maximum Gasteiger partial charge on any atom is 0.248 e. The number of primary amides is 1. The summed E-state index contributed by atoms with van der Waals surface area (Å²) in [4.78, 5) is 12.9. The van der Waals surface area contributed by atoms with Crippen LogP contribution in [0.15, 0.2) is 18.2 Å². The molecule has 0 radical (unpaired) electrons. The lowest BCUT2D eigenvalue weighted by Gasteiger charge is -2.39. The van der Waals surface area contributed by atoms with E-state index < -0.39 is 11.7 Å². The molecule has 0 aromatic heterocycles. The van der Waals surface area contributed by atoms with Crippen LogP contribution >= 0.6 is 0 Å². The molecule has 3 N–H and O–H groups in total. The quantitative estimate of drug-likeness (QED) is 0.811. The Kier molecular flexibility index (Phi) is 3.28. The summed E-state index contributed by atoms with van der Waals surface area (Å²) >= 11 is 0. The molecule has 0 unspecified atom stereocenters. The number of nitrogens with two attached hydrogens (primary N) is 1. The van der Waals surface area contributed by atoms with E-state index in [1.807, 2.05) is 11.8 Å². The van der Waals surface area contributed by atoms with E-state index in [9.17, 15) is 9.18 Å². The number of carbonyl (C=O) groups excluding carboxylic acids is 1. The Labute approximate surface area is 99.6 Å². The summed E-state index contributed by atoms with van der Waals surface area (Å²) in [6.07, 6.45) is 0. The molecule has 1 amide bonds. The number of hydrogen-bond donors (Lipinski definition) is 2. The highest BCUT2D eigenvalue weighted by atomic mass is 19.1. The molecule has 0 aliphatic carbocycles. The summed E-state index contributed by atoms with van der Waals surface area (Å²) in [5, 5.41) is 3.16. The summed E-state index contributed by atoms with van der Waals surface area (Å²) in [5.41, 5.74) is 5.84. The van der Waals surface area contributed by atoms with Gasteiger partial charge in [-0.3, -0.25) is 4.79 Å². The third kappa shape index (κ3) is 2.24. The van der Waals surface area contributed by atoms with E-state index in [1.54, 1.807) is 12.1 Å². The van der Waals surface area contributed by atoms with E-state index >= 15 is 0 Å². The number of anilines is 1. The number of nitrogens with one attached hydrogen (secondary N) is 1. The van der Waals surface area contributed by atoms with Crippen LogP contribution in [0.25, 0.3) is 0 Å². The van der Waals surface area contributed by atoms with Gasteiger partial charge in [0.05, 0.1) is 11.7 Å². The first kappa shape index (κ1) is 11.9. The Hall–Kier alpha value is -1.62. The number of hydrogen-bond acceptors (Lipinski definition) is 3. The van der Waals surface area contributed by atoms with Gasteiger partial charge in [0.25, 0.3) is 0 Å². The molecule has 1 aromatic carbocycles. The number of halogens is 1. The van der Waals surface area contributed by atoms with Gasteiger partial charge in [-0.25, -0.2) is 4.39 Å². The van der Waals surface area contributed by atoms with E-state index in [0.29, 0.717) is 11.7 Å². The molecule has 0 spiro atoms.